The third-order valence-corrected chi connectivity index (χ3v) is 5.08. The summed E-state index contributed by atoms with van der Waals surface area (Å²) in [6, 6.07) is 6.99. The highest BCUT2D eigenvalue weighted by Crippen LogP contribution is 2.36. The Labute approximate surface area is 160 Å². The molecule has 2 heterocycles. The van der Waals surface area contributed by atoms with Crippen molar-refractivity contribution in [2.24, 2.45) is 11.0 Å². The zero-order chi connectivity index (χ0) is 19.6. The number of thiophene rings is 1. The highest BCUT2D eigenvalue weighted by Gasteiger charge is 2.53. The summed E-state index contributed by atoms with van der Waals surface area (Å²) in [5.74, 6) is -3.40. The smallest absolute Gasteiger partial charge is 0.272 e. The maximum absolute atomic E-state index is 13.6. The predicted molar refractivity (Wildman–Crippen MR) is 95.7 cm³/mol. The number of nitrogens with one attached hydrogen (secondary N) is 2. The number of hydrazone groups is 1. The van der Waals surface area contributed by atoms with Crippen LogP contribution < -0.4 is 15.9 Å². The van der Waals surface area contributed by atoms with Crippen molar-refractivity contribution in [1.29, 1.82) is 0 Å². The molecule has 2 atom stereocenters. The van der Waals surface area contributed by atoms with E-state index in [9.17, 15) is 22.8 Å². The van der Waals surface area contributed by atoms with E-state index in [0.717, 1.165) is 22.6 Å². The molecule has 27 heavy (non-hydrogen) atoms. The summed E-state index contributed by atoms with van der Waals surface area (Å²) in [4.78, 5) is 24.3. The number of para-hydroxylation sites is 1. The lowest BCUT2D eigenvalue weighted by atomic mass is 10.00. The normalized spacial score (nSPS) is 19.2. The van der Waals surface area contributed by atoms with E-state index in [1.807, 2.05) is 5.43 Å². The molecule has 2 N–H and O–H groups in total. The van der Waals surface area contributed by atoms with Gasteiger partial charge in [0.05, 0.1) is 10.7 Å². The second kappa shape index (κ2) is 7.57. The highest BCUT2D eigenvalue weighted by atomic mass is 35.5. The molecule has 0 saturated heterocycles. The van der Waals surface area contributed by atoms with Crippen molar-refractivity contribution in [2.45, 2.75) is 12.2 Å². The van der Waals surface area contributed by atoms with Crippen LogP contribution in [0, 0.1) is 5.92 Å². The van der Waals surface area contributed by atoms with E-state index in [1.165, 1.54) is 18.2 Å². The highest BCUT2D eigenvalue weighted by molar-refractivity contribution is 7.12. The van der Waals surface area contributed by atoms with Gasteiger partial charge < -0.3 is 0 Å². The second-order valence-electron chi connectivity index (χ2n) is 5.50. The largest absolute Gasteiger partial charge is 0.412 e. The van der Waals surface area contributed by atoms with Crippen molar-refractivity contribution < 1.29 is 22.8 Å². The van der Waals surface area contributed by atoms with Gasteiger partial charge in [0.2, 0.25) is 5.91 Å². The number of anilines is 1. The topological polar surface area (TPSA) is 73.8 Å². The van der Waals surface area contributed by atoms with Gasteiger partial charge in [-0.25, -0.2) is 0 Å². The standard InChI is InChI=1S/C16H12ClF3N4O2S/c17-11-6-7-27-12(11)15(26)23-22-14(25)10-8-21-24(13(10)16(18,19)20)9-4-2-1-3-5-9/h1-8,10,13H,(H,22,25)(H,23,26). The minimum atomic E-state index is -4.73. The summed E-state index contributed by atoms with van der Waals surface area (Å²) in [6.07, 6.45) is -3.82. The Kier molecular flexibility index (Phi) is 5.38. The van der Waals surface area contributed by atoms with Crippen LogP contribution in [0.2, 0.25) is 5.02 Å². The van der Waals surface area contributed by atoms with Gasteiger partial charge in [0.25, 0.3) is 5.91 Å². The minimum absolute atomic E-state index is 0.135. The Hall–Kier alpha value is -2.59. The van der Waals surface area contributed by atoms with E-state index >= 15 is 0 Å². The summed E-state index contributed by atoms with van der Waals surface area (Å²) in [7, 11) is 0. The first-order valence-electron chi connectivity index (χ1n) is 7.57. The first kappa shape index (κ1) is 19.2. The molecule has 1 aliphatic heterocycles. The number of amides is 2. The summed E-state index contributed by atoms with van der Waals surface area (Å²) in [5.41, 5.74) is 4.27. The molecule has 1 aliphatic rings. The predicted octanol–water partition coefficient (Wildman–Crippen LogP) is 3.22. The van der Waals surface area contributed by atoms with Crippen molar-refractivity contribution in [1.82, 2.24) is 10.9 Å². The Bertz CT molecular complexity index is 872. The van der Waals surface area contributed by atoms with Crippen LogP contribution in [0.5, 0.6) is 0 Å². The summed E-state index contributed by atoms with van der Waals surface area (Å²) >= 11 is 6.84. The molecule has 11 heteroatoms. The van der Waals surface area contributed by atoms with Crippen LogP contribution in [-0.2, 0) is 4.79 Å². The van der Waals surface area contributed by atoms with Gasteiger partial charge in [-0.3, -0.25) is 25.4 Å². The van der Waals surface area contributed by atoms with E-state index in [2.05, 4.69) is 10.5 Å². The molecule has 6 nitrogen and oxygen atoms in total. The molecule has 0 aliphatic carbocycles. The molecular weight excluding hydrogens is 405 g/mol. The van der Waals surface area contributed by atoms with Crippen molar-refractivity contribution in [3.05, 3.63) is 51.7 Å². The Balaban J connectivity index is 1.73. The van der Waals surface area contributed by atoms with Crippen molar-refractivity contribution >= 4 is 46.7 Å². The zero-order valence-electron chi connectivity index (χ0n) is 13.4. The lowest BCUT2D eigenvalue weighted by Gasteiger charge is -2.28. The van der Waals surface area contributed by atoms with E-state index in [0.29, 0.717) is 0 Å². The summed E-state index contributed by atoms with van der Waals surface area (Å²) in [6.45, 7) is 0. The SMILES string of the molecule is O=C(NNC(=O)C1C=NN(c2ccccc2)C1C(F)(F)F)c1sccc1Cl. The number of hydrazine groups is 1. The van der Waals surface area contributed by atoms with Gasteiger partial charge in [-0.05, 0) is 23.6 Å². The van der Waals surface area contributed by atoms with Gasteiger partial charge in [-0.2, -0.15) is 18.3 Å². The first-order chi connectivity index (χ1) is 12.8. The fraction of sp³-hybridized carbons (Fsp3) is 0.188. The quantitative estimate of drug-likeness (QED) is 0.754. The molecule has 0 bridgehead atoms. The molecule has 2 unspecified atom stereocenters. The fourth-order valence-corrected chi connectivity index (χ4v) is 3.56. The molecule has 2 amide bonds. The molecule has 0 radical (unpaired) electrons. The van der Waals surface area contributed by atoms with Gasteiger partial charge in [0.1, 0.15) is 10.8 Å². The maximum Gasteiger partial charge on any atom is 0.412 e. The van der Waals surface area contributed by atoms with E-state index in [1.54, 1.807) is 23.6 Å². The van der Waals surface area contributed by atoms with Crippen molar-refractivity contribution in [3.63, 3.8) is 0 Å². The van der Waals surface area contributed by atoms with Gasteiger partial charge in [-0.1, -0.05) is 29.8 Å². The third-order valence-electron chi connectivity index (χ3n) is 3.74. The number of carbonyl (C=O) groups excluding carboxylic acids is 2. The number of carbonyl (C=O) groups is 2. The maximum atomic E-state index is 13.6. The van der Waals surface area contributed by atoms with Crippen LogP contribution in [0.1, 0.15) is 9.67 Å². The molecule has 0 spiro atoms. The number of hydrogen-bond acceptors (Lipinski definition) is 5. The van der Waals surface area contributed by atoms with E-state index < -0.39 is 30.0 Å². The molecule has 1 aromatic heterocycles. The lowest BCUT2D eigenvalue weighted by Crippen LogP contribution is -2.53. The van der Waals surface area contributed by atoms with E-state index in [4.69, 9.17) is 11.6 Å². The van der Waals surface area contributed by atoms with Crippen LogP contribution in [0.3, 0.4) is 0 Å². The lowest BCUT2D eigenvalue weighted by molar-refractivity contribution is -0.159. The number of nitrogens with zero attached hydrogens (tertiary/aromatic N) is 2. The van der Waals surface area contributed by atoms with Crippen molar-refractivity contribution in [3.8, 4) is 0 Å². The van der Waals surface area contributed by atoms with Crippen LogP contribution in [0.15, 0.2) is 46.9 Å². The van der Waals surface area contributed by atoms with Crippen LogP contribution >= 0.6 is 22.9 Å². The first-order valence-corrected chi connectivity index (χ1v) is 8.83. The summed E-state index contributed by atoms with van der Waals surface area (Å²) < 4.78 is 40.7. The summed E-state index contributed by atoms with van der Waals surface area (Å²) in [5, 5.41) is 6.23. The Morgan fingerprint density at radius 3 is 2.44 bits per heavy atom. The Morgan fingerprint density at radius 2 is 1.85 bits per heavy atom. The molecule has 3 rings (SSSR count). The second-order valence-corrected chi connectivity index (χ2v) is 6.82. The molecular formula is C16H12ClF3N4O2S. The number of benzene rings is 1. The van der Waals surface area contributed by atoms with E-state index in [-0.39, 0.29) is 15.6 Å². The third kappa shape index (κ3) is 4.06. The molecule has 142 valence electrons. The van der Waals surface area contributed by atoms with Crippen LogP contribution in [0.25, 0.3) is 0 Å². The Morgan fingerprint density at radius 1 is 1.15 bits per heavy atom. The fourth-order valence-electron chi connectivity index (χ4n) is 2.52. The molecule has 2 aromatic rings. The molecule has 0 saturated carbocycles. The molecule has 0 fully saturated rings. The van der Waals surface area contributed by atoms with Gasteiger partial charge in [0, 0.05) is 6.21 Å². The average molecular weight is 417 g/mol. The van der Waals surface area contributed by atoms with Gasteiger partial charge >= 0.3 is 6.18 Å². The number of hydrogen-bond donors (Lipinski definition) is 2. The van der Waals surface area contributed by atoms with Crippen molar-refractivity contribution in [2.75, 3.05) is 5.01 Å². The minimum Gasteiger partial charge on any atom is -0.272 e. The number of rotatable bonds is 3. The zero-order valence-corrected chi connectivity index (χ0v) is 15.0. The molecule has 1 aromatic carbocycles. The monoisotopic (exact) mass is 416 g/mol. The number of alkyl halides is 3. The van der Waals surface area contributed by atoms with Crippen LogP contribution in [0.4, 0.5) is 18.9 Å². The van der Waals surface area contributed by atoms with Gasteiger partial charge in [-0.15, -0.1) is 11.3 Å². The number of halogens is 4. The van der Waals surface area contributed by atoms with Crippen LogP contribution in [-0.4, -0.2) is 30.2 Å². The van der Waals surface area contributed by atoms with Gasteiger partial charge in [0.15, 0.2) is 6.04 Å². The average Bonchev–Trinajstić information content (AvgIpc) is 3.26.